The van der Waals surface area contributed by atoms with Gasteiger partial charge in [-0.15, -0.1) is 0 Å². The molecule has 1 fully saturated rings. The lowest BCUT2D eigenvalue weighted by molar-refractivity contribution is -0.132. The molecule has 1 aliphatic heterocycles. The lowest BCUT2D eigenvalue weighted by Crippen LogP contribution is -2.52. The highest BCUT2D eigenvalue weighted by Crippen LogP contribution is 2.20. The summed E-state index contributed by atoms with van der Waals surface area (Å²) in [5.41, 5.74) is 3.16. The summed E-state index contributed by atoms with van der Waals surface area (Å²) in [5, 5.41) is 3.19. The molecule has 2 rings (SSSR count). The van der Waals surface area contributed by atoms with Gasteiger partial charge in [0.25, 0.3) is 0 Å². The van der Waals surface area contributed by atoms with E-state index in [1.807, 2.05) is 4.90 Å². The molecule has 2 heterocycles. The number of ether oxygens (including phenoxy) is 1. The first kappa shape index (κ1) is 15.0. The third-order valence-corrected chi connectivity index (χ3v) is 3.55. The van der Waals surface area contributed by atoms with E-state index in [-0.39, 0.29) is 11.9 Å². The molecular weight excluding hydrogens is 282 g/mol. The molecule has 1 aromatic heterocycles. The van der Waals surface area contributed by atoms with Gasteiger partial charge in [0, 0.05) is 20.1 Å². The van der Waals surface area contributed by atoms with Crippen LogP contribution in [0.1, 0.15) is 5.69 Å². The second-order valence-electron chi connectivity index (χ2n) is 4.44. The number of hydrazine groups is 1. The van der Waals surface area contributed by atoms with Gasteiger partial charge in [0.15, 0.2) is 0 Å². The Balaban J connectivity index is 2.16. The quantitative estimate of drug-likeness (QED) is 0.534. The summed E-state index contributed by atoms with van der Waals surface area (Å²) in [4.78, 5) is 18.2. The van der Waals surface area contributed by atoms with Gasteiger partial charge >= 0.3 is 0 Å². The van der Waals surface area contributed by atoms with Gasteiger partial charge in [-0.3, -0.25) is 9.69 Å². The molecule has 8 heteroatoms. The van der Waals surface area contributed by atoms with Crippen LogP contribution in [0.15, 0.2) is 12.1 Å². The van der Waals surface area contributed by atoms with E-state index in [0.717, 1.165) is 0 Å². The van der Waals surface area contributed by atoms with Crippen LogP contribution in [0.5, 0.6) is 0 Å². The fourth-order valence-corrected chi connectivity index (χ4v) is 2.27. The van der Waals surface area contributed by atoms with Crippen molar-refractivity contribution in [2.24, 2.45) is 5.84 Å². The van der Waals surface area contributed by atoms with Crippen molar-refractivity contribution >= 4 is 23.3 Å². The monoisotopic (exact) mass is 299 g/mol. The molecule has 4 N–H and O–H groups in total. The Morgan fingerprint density at radius 1 is 1.65 bits per heavy atom. The van der Waals surface area contributed by atoms with E-state index in [9.17, 15) is 4.79 Å². The molecule has 0 saturated carbocycles. The van der Waals surface area contributed by atoms with Crippen molar-refractivity contribution in [1.29, 1.82) is 0 Å². The molecule has 7 nitrogen and oxygen atoms in total. The number of carbonyl (C=O) groups is 1. The number of likely N-dealkylation sites (N-methyl/N-ethyl adjacent to an activating group) is 1. The zero-order valence-corrected chi connectivity index (χ0v) is 12.0. The lowest BCUT2D eigenvalue weighted by atomic mass is 10.2. The van der Waals surface area contributed by atoms with Crippen molar-refractivity contribution < 1.29 is 9.53 Å². The van der Waals surface area contributed by atoms with Crippen LogP contribution < -0.4 is 16.6 Å². The van der Waals surface area contributed by atoms with E-state index in [1.54, 1.807) is 19.2 Å². The van der Waals surface area contributed by atoms with Gasteiger partial charge in [0.1, 0.15) is 11.9 Å². The summed E-state index contributed by atoms with van der Waals surface area (Å²) >= 11 is 6.14. The van der Waals surface area contributed by atoms with E-state index in [2.05, 4.69) is 15.7 Å². The van der Waals surface area contributed by atoms with Gasteiger partial charge in [-0.25, -0.2) is 10.8 Å². The summed E-state index contributed by atoms with van der Waals surface area (Å²) < 4.78 is 5.36. The summed E-state index contributed by atoms with van der Waals surface area (Å²) in [5.74, 6) is 5.81. The highest BCUT2D eigenvalue weighted by atomic mass is 35.5. The zero-order chi connectivity index (χ0) is 14.5. The topological polar surface area (TPSA) is 92.5 Å². The number of halogens is 1. The van der Waals surface area contributed by atoms with E-state index in [1.165, 1.54) is 0 Å². The average Bonchev–Trinajstić information content (AvgIpc) is 2.49. The maximum atomic E-state index is 11.9. The Bertz CT molecular complexity index is 485. The molecule has 1 amide bonds. The van der Waals surface area contributed by atoms with Gasteiger partial charge in [-0.2, -0.15) is 0 Å². The Morgan fingerprint density at radius 3 is 3.15 bits per heavy atom. The van der Waals surface area contributed by atoms with Crippen LogP contribution >= 0.6 is 11.6 Å². The number of rotatable bonds is 4. The minimum atomic E-state index is -0.332. The molecule has 0 spiro atoms. The predicted molar refractivity (Wildman–Crippen MR) is 76.1 cm³/mol. The molecule has 0 radical (unpaired) electrons. The van der Waals surface area contributed by atoms with E-state index < -0.39 is 0 Å². The molecule has 0 aliphatic carbocycles. The van der Waals surface area contributed by atoms with Gasteiger partial charge in [0.2, 0.25) is 5.91 Å². The minimum Gasteiger partial charge on any atom is -0.378 e. The molecule has 110 valence electrons. The molecule has 20 heavy (non-hydrogen) atoms. The number of carbonyl (C=O) groups excluding carboxylic acids is 1. The molecular formula is C12H18ClN5O2. The number of hydrogen-bond acceptors (Lipinski definition) is 6. The Labute approximate surface area is 122 Å². The number of anilines is 1. The van der Waals surface area contributed by atoms with E-state index >= 15 is 0 Å². The highest BCUT2D eigenvalue weighted by Gasteiger charge is 2.29. The van der Waals surface area contributed by atoms with Crippen LogP contribution in [0.2, 0.25) is 5.02 Å². The largest absolute Gasteiger partial charge is 0.378 e. The second kappa shape index (κ2) is 6.85. The average molecular weight is 300 g/mol. The summed E-state index contributed by atoms with van der Waals surface area (Å²) in [7, 11) is 1.61. The lowest BCUT2D eigenvalue weighted by Gasteiger charge is -2.34. The predicted octanol–water partition coefficient (Wildman–Crippen LogP) is -0.0326. The number of morpholine rings is 1. The van der Waals surface area contributed by atoms with Crippen LogP contribution in [0, 0.1) is 0 Å². The van der Waals surface area contributed by atoms with E-state index in [4.69, 9.17) is 22.2 Å². The number of nitrogens with one attached hydrogen (secondary N) is 2. The molecule has 1 unspecified atom stereocenters. The molecule has 1 aliphatic rings. The van der Waals surface area contributed by atoms with E-state index in [0.29, 0.717) is 42.8 Å². The van der Waals surface area contributed by atoms with Crippen molar-refractivity contribution in [3.05, 3.63) is 22.8 Å². The van der Waals surface area contributed by atoms with Crippen molar-refractivity contribution in [3.8, 4) is 0 Å². The number of aromatic nitrogens is 1. The van der Waals surface area contributed by atoms with Crippen molar-refractivity contribution in [3.63, 3.8) is 0 Å². The molecule has 1 atom stereocenters. The fourth-order valence-electron chi connectivity index (χ4n) is 2.10. The summed E-state index contributed by atoms with van der Waals surface area (Å²) in [6.45, 7) is 2.07. The van der Waals surface area contributed by atoms with Gasteiger partial charge in [-0.05, 0) is 12.1 Å². The van der Waals surface area contributed by atoms with Gasteiger partial charge in [0.05, 0.1) is 23.9 Å². The molecule has 1 saturated heterocycles. The molecule has 1 aromatic rings. The zero-order valence-electron chi connectivity index (χ0n) is 11.2. The third kappa shape index (κ3) is 3.37. The molecule has 0 aromatic carbocycles. The first-order valence-corrected chi connectivity index (χ1v) is 6.69. The Hall–Kier alpha value is -1.41. The first-order chi connectivity index (χ1) is 9.65. The van der Waals surface area contributed by atoms with Gasteiger partial charge < -0.3 is 15.5 Å². The second-order valence-corrected chi connectivity index (χ2v) is 4.85. The van der Waals surface area contributed by atoms with Crippen LogP contribution in [-0.4, -0.2) is 48.6 Å². The third-order valence-electron chi connectivity index (χ3n) is 3.21. The normalized spacial score (nSPS) is 19.6. The standard InChI is InChI=1S/C12H18ClN5O2/c1-15-12(19)10-7-20-5-4-18(10)6-9-8(13)2-3-11(16-9)17-14/h2-3,10H,4-7,14H2,1H3,(H,15,19)(H,16,17). The van der Waals surface area contributed by atoms with Crippen molar-refractivity contribution in [2.45, 2.75) is 12.6 Å². The van der Waals surface area contributed by atoms with Crippen molar-refractivity contribution in [1.82, 2.24) is 15.2 Å². The SMILES string of the molecule is CNC(=O)C1COCCN1Cc1nc(NN)ccc1Cl. The highest BCUT2D eigenvalue weighted by molar-refractivity contribution is 6.31. The fraction of sp³-hybridized carbons (Fsp3) is 0.500. The Morgan fingerprint density at radius 2 is 2.45 bits per heavy atom. The molecule has 0 bridgehead atoms. The van der Waals surface area contributed by atoms with Crippen LogP contribution in [0.4, 0.5) is 5.82 Å². The maximum Gasteiger partial charge on any atom is 0.239 e. The Kier molecular flexibility index (Phi) is 5.13. The number of nitrogen functional groups attached to an aromatic ring is 1. The number of pyridine rings is 1. The first-order valence-electron chi connectivity index (χ1n) is 6.31. The van der Waals surface area contributed by atoms with Gasteiger partial charge in [-0.1, -0.05) is 11.6 Å². The number of nitrogens with two attached hydrogens (primary N) is 1. The number of amides is 1. The van der Waals surface area contributed by atoms with Crippen LogP contribution in [0.25, 0.3) is 0 Å². The minimum absolute atomic E-state index is 0.0751. The van der Waals surface area contributed by atoms with Crippen LogP contribution in [-0.2, 0) is 16.1 Å². The van der Waals surface area contributed by atoms with Crippen LogP contribution in [0.3, 0.4) is 0 Å². The number of hydrogen-bond donors (Lipinski definition) is 3. The van der Waals surface area contributed by atoms with Crippen molar-refractivity contribution in [2.75, 3.05) is 32.2 Å². The summed E-state index contributed by atoms with van der Waals surface area (Å²) in [6.07, 6.45) is 0. The summed E-state index contributed by atoms with van der Waals surface area (Å²) in [6, 6.07) is 3.09. The smallest absolute Gasteiger partial charge is 0.239 e. The maximum absolute atomic E-state index is 11.9. The number of nitrogens with zero attached hydrogens (tertiary/aromatic N) is 2.